The highest BCUT2D eigenvalue weighted by molar-refractivity contribution is 6.69. The quantitative estimate of drug-likeness (QED) is 0.613. The maximum atomic E-state index is 12.0. The molecule has 4 rings (SSSR count). The predicted octanol–water partition coefficient (Wildman–Crippen LogP) is 0.928. The van der Waals surface area contributed by atoms with Gasteiger partial charge in [-0.05, 0) is 39.0 Å². The molecule has 0 radical (unpaired) electrons. The van der Waals surface area contributed by atoms with Crippen molar-refractivity contribution in [2.75, 3.05) is 18.0 Å². The van der Waals surface area contributed by atoms with E-state index in [0.717, 1.165) is 24.6 Å². The second-order valence-electron chi connectivity index (χ2n) is 6.64. The number of anilines is 1. The fraction of sp³-hybridized carbons (Fsp3) is 0.250. The Morgan fingerprint density at radius 3 is 2.67 bits per heavy atom. The molecular weight excluding hydrogens is 382 g/mol. The van der Waals surface area contributed by atoms with Crippen molar-refractivity contribution in [1.82, 2.24) is 19.7 Å². The Labute approximate surface area is 173 Å². The standard InChI is InChI=1S/C20H21N9O/c1-4-27(5-2)16-10-9-14(13(3)23-16)24-18-17(19(21)30)25-29-12-28(26-20(18)29)15-8-6-7-11-22-15/h6-12H,4-5H2,1-3H3,(H-,21,30)/p+1. The molecular formula is C20H22N9O+. The molecule has 2 N–H and O–H groups in total. The second-order valence-corrected chi connectivity index (χ2v) is 6.64. The van der Waals surface area contributed by atoms with Crippen LogP contribution in [0.15, 0.2) is 52.9 Å². The van der Waals surface area contributed by atoms with Crippen molar-refractivity contribution in [2.24, 2.45) is 15.8 Å². The zero-order chi connectivity index (χ0) is 21.3. The summed E-state index contributed by atoms with van der Waals surface area (Å²) in [6.45, 7) is 7.77. The number of fused-ring (bicyclic) bond motifs is 1. The molecule has 0 saturated heterocycles. The van der Waals surface area contributed by atoms with Crippen LogP contribution in [-0.2, 0) is 4.79 Å². The molecule has 0 fully saturated rings. The Hall–Kier alpha value is -3.95. The number of hydrogen-bond donors (Lipinski definition) is 1. The number of rotatable bonds is 6. The molecule has 1 amide bonds. The maximum Gasteiger partial charge on any atom is 0.354 e. The van der Waals surface area contributed by atoms with E-state index >= 15 is 0 Å². The molecule has 0 spiro atoms. The van der Waals surface area contributed by atoms with Crippen molar-refractivity contribution in [1.29, 1.82) is 0 Å². The summed E-state index contributed by atoms with van der Waals surface area (Å²) < 4.78 is 3.04. The Balaban J connectivity index is 1.77. The number of carbonyl (C=O) groups is 1. The van der Waals surface area contributed by atoms with Crippen molar-refractivity contribution in [3.05, 3.63) is 54.4 Å². The summed E-state index contributed by atoms with van der Waals surface area (Å²) >= 11 is 0. The topological polar surface area (TPSA) is 119 Å². The summed E-state index contributed by atoms with van der Waals surface area (Å²) in [5, 5.41) is 8.77. The summed E-state index contributed by atoms with van der Waals surface area (Å²) in [7, 11) is 0. The fourth-order valence-electron chi connectivity index (χ4n) is 3.19. The van der Waals surface area contributed by atoms with E-state index < -0.39 is 5.91 Å². The van der Waals surface area contributed by atoms with Crippen LogP contribution in [-0.4, -0.2) is 50.2 Å². The van der Waals surface area contributed by atoms with Crippen LogP contribution < -0.4 is 15.3 Å². The average molecular weight is 404 g/mol. The molecule has 3 aromatic heterocycles. The number of aromatic nitrogens is 5. The lowest BCUT2D eigenvalue weighted by atomic mass is 10.2. The third-order valence-corrected chi connectivity index (χ3v) is 4.76. The lowest BCUT2D eigenvalue weighted by molar-refractivity contribution is -0.677. The van der Waals surface area contributed by atoms with E-state index in [1.54, 1.807) is 17.2 Å². The predicted molar refractivity (Wildman–Crippen MR) is 112 cm³/mol. The Morgan fingerprint density at radius 2 is 2.03 bits per heavy atom. The van der Waals surface area contributed by atoms with E-state index in [-0.39, 0.29) is 5.71 Å². The Kier molecular flexibility index (Phi) is 5.05. The number of hydrogen-bond acceptors (Lipinski definition) is 7. The number of nitrogens with zero attached hydrogens (tertiary/aromatic N) is 8. The van der Waals surface area contributed by atoms with Gasteiger partial charge in [0.1, 0.15) is 5.82 Å². The van der Waals surface area contributed by atoms with Crippen LogP contribution >= 0.6 is 0 Å². The highest BCUT2D eigenvalue weighted by Crippen LogP contribution is 2.23. The van der Waals surface area contributed by atoms with Gasteiger partial charge in [-0.15, -0.1) is 4.68 Å². The van der Waals surface area contributed by atoms with Crippen molar-refractivity contribution in [3.63, 3.8) is 0 Å². The van der Waals surface area contributed by atoms with Gasteiger partial charge in [-0.1, -0.05) is 15.8 Å². The van der Waals surface area contributed by atoms with Gasteiger partial charge in [0, 0.05) is 25.4 Å². The van der Waals surface area contributed by atoms with E-state index in [0.29, 0.717) is 23.0 Å². The van der Waals surface area contributed by atoms with Gasteiger partial charge in [0.05, 0.1) is 16.5 Å². The van der Waals surface area contributed by atoms with E-state index in [1.807, 2.05) is 37.3 Å². The zero-order valence-electron chi connectivity index (χ0n) is 17.0. The number of aryl methyl sites for hydroxylation is 1. The Bertz CT molecular complexity index is 1160. The summed E-state index contributed by atoms with van der Waals surface area (Å²) in [5.41, 5.74) is 7.25. The van der Waals surface area contributed by atoms with Gasteiger partial charge in [-0.2, -0.15) is 0 Å². The minimum atomic E-state index is -0.672. The average Bonchev–Trinajstić information content (AvgIpc) is 3.30. The number of carbonyl (C=O) groups excluding carboxylic acids is 1. The lowest BCUT2D eigenvalue weighted by Gasteiger charge is -2.20. The van der Waals surface area contributed by atoms with Crippen molar-refractivity contribution in [3.8, 4) is 5.82 Å². The van der Waals surface area contributed by atoms with Gasteiger partial charge in [-0.3, -0.25) is 4.79 Å². The number of amides is 1. The number of aliphatic imine (C=N–C) groups is 1. The summed E-state index contributed by atoms with van der Waals surface area (Å²) in [5.74, 6) is 1.23. The lowest BCUT2D eigenvalue weighted by Crippen LogP contribution is -2.29. The Morgan fingerprint density at radius 1 is 1.23 bits per heavy atom. The number of primary amides is 1. The van der Waals surface area contributed by atoms with Gasteiger partial charge in [0.15, 0.2) is 11.4 Å². The third-order valence-electron chi connectivity index (χ3n) is 4.76. The first-order valence-corrected chi connectivity index (χ1v) is 9.65. The first-order valence-electron chi connectivity index (χ1n) is 9.65. The first kappa shape index (κ1) is 19.4. The van der Waals surface area contributed by atoms with Crippen LogP contribution in [0.25, 0.3) is 5.82 Å². The van der Waals surface area contributed by atoms with Crippen molar-refractivity contribution < 1.29 is 9.47 Å². The highest BCUT2D eigenvalue weighted by atomic mass is 16.1. The molecule has 10 heteroatoms. The third kappa shape index (κ3) is 3.43. The van der Waals surface area contributed by atoms with Crippen LogP contribution in [0.5, 0.6) is 0 Å². The van der Waals surface area contributed by atoms with E-state index in [9.17, 15) is 4.79 Å². The largest absolute Gasteiger partial charge is 0.364 e. The normalized spacial score (nSPS) is 14.0. The second kappa shape index (κ2) is 7.82. The monoisotopic (exact) mass is 404 g/mol. The minimum absolute atomic E-state index is 0.0536. The first-order chi connectivity index (χ1) is 14.5. The molecule has 0 aromatic carbocycles. The summed E-state index contributed by atoms with van der Waals surface area (Å²) in [6.07, 6.45) is 3.30. The molecule has 0 atom stereocenters. The van der Waals surface area contributed by atoms with Crippen LogP contribution in [0.3, 0.4) is 0 Å². The van der Waals surface area contributed by atoms with Gasteiger partial charge in [-0.25, -0.2) is 15.0 Å². The molecule has 0 aliphatic carbocycles. The van der Waals surface area contributed by atoms with E-state index in [2.05, 4.69) is 43.9 Å². The summed E-state index contributed by atoms with van der Waals surface area (Å²) in [6, 6.07) is 9.29. The fourth-order valence-corrected chi connectivity index (χ4v) is 3.19. The molecule has 4 heterocycles. The minimum Gasteiger partial charge on any atom is -0.364 e. The molecule has 0 unspecified atom stereocenters. The summed E-state index contributed by atoms with van der Waals surface area (Å²) in [4.78, 5) is 27.7. The highest BCUT2D eigenvalue weighted by Gasteiger charge is 2.37. The zero-order valence-corrected chi connectivity index (χ0v) is 17.0. The SMILES string of the molecule is CCN(CC)c1ccc(N=C2C(C(N)=O)=N[n+]3cn(-c4ccccn4)nc32)c(C)n1. The molecule has 0 saturated carbocycles. The molecule has 10 nitrogen and oxygen atoms in total. The van der Waals surface area contributed by atoms with Crippen LogP contribution in [0.4, 0.5) is 11.5 Å². The van der Waals surface area contributed by atoms with Gasteiger partial charge in [0.2, 0.25) is 5.82 Å². The molecule has 0 bridgehead atoms. The number of nitrogens with two attached hydrogens (primary N) is 1. The molecule has 1 aliphatic rings. The number of pyridine rings is 2. The molecule has 3 aromatic rings. The maximum absolute atomic E-state index is 12.0. The van der Waals surface area contributed by atoms with Gasteiger partial charge >= 0.3 is 5.82 Å². The molecule has 1 aliphatic heterocycles. The van der Waals surface area contributed by atoms with Gasteiger partial charge in [0.25, 0.3) is 12.2 Å². The molecule has 152 valence electrons. The smallest absolute Gasteiger partial charge is 0.354 e. The van der Waals surface area contributed by atoms with E-state index in [1.165, 1.54) is 4.68 Å². The molecule has 30 heavy (non-hydrogen) atoms. The van der Waals surface area contributed by atoms with Crippen LogP contribution in [0.2, 0.25) is 0 Å². The van der Waals surface area contributed by atoms with Crippen LogP contribution in [0.1, 0.15) is 25.4 Å². The van der Waals surface area contributed by atoms with Gasteiger partial charge < -0.3 is 10.6 Å². The van der Waals surface area contributed by atoms with Crippen molar-refractivity contribution >= 4 is 28.8 Å². The van der Waals surface area contributed by atoms with Crippen LogP contribution in [0, 0.1) is 6.92 Å². The van der Waals surface area contributed by atoms with E-state index in [4.69, 9.17) is 5.73 Å². The van der Waals surface area contributed by atoms with Crippen molar-refractivity contribution in [2.45, 2.75) is 20.8 Å².